The lowest BCUT2D eigenvalue weighted by Gasteiger charge is -2.24. The third-order valence-electron chi connectivity index (χ3n) is 1.77. The zero-order valence-electron chi connectivity index (χ0n) is 8.32. The zero-order chi connectivity index (χ0) is 10.4. The summed E-state index contributed by atoms with van der Waals surface area (Å²) >= 11 is 0. The van der Waals surface area contributed by atoms with Gasteiger partial charge in [0.1, 0.15) is 5.84 Å². The predicted octanol–water partition coefficient (Wildman–Crippen LogP) is 0.380. The fourth-order valence-electron chi connectivity index (χ4n) is 1.06. The number of amides is 1. The Balaban J connectivity index is 4.05. The first kappa shape index (κ1) is 11.7. The first-order chi connectivity index (χ1) is 5.99. The van der Waals surface area contributed by atoms with Crippen molar-refractivity contribution in [2.45, 2.75) is 33.2 Å². The summed E-state index contributed by atoms with van der Waals surface area (Å²) in [5, 5.41) is 11.1. The maximum absolute atomic E-state index is 11.1. The predicted molar refractivity (Wildman–Crippen MR) is 50.5 cm³/mol. The fraction of sp³-hybridized carbons (Fsp3) is 0.750. The number of carbonyl (C=O) groups excluding carboxylic acids is 1. The number of rotatable bonds is 4. The van der Waals surface area contributed by atoms with Crippen molar-refractivity contribution in [2.75, 3.05) is 6.54 Å². The Morgan fingerprint density at radius 1 is 1.62 bits per heavy atom. The molecule has 0 spiro atoms. The Kier molecular flexibility index (Phi) is 4.87. The van der Waals surface area contributed by atoms with E-state index in [1.54, 1.807) is 4.90 Å². The molecule has 0 unspecified atom stereocenters. The number of hydrogen-bond donors (Lipinski definition) is 2. The van der Waals surface area contributed by atoms with Crippen LogP contribution in [0.2, 0.25) is 0 Å². The smallest absolute Gasteiger partial charge is 0.219 e. The summed E-state index contributed by atoms with van der Waals surface area (Å²) in [5.41, 5.74) is 5.28. The highest BCUT2D eigenvalue weighted by atomic mass is 16.4. The molecule has 0 rings (SSSR count). The van der Waals surface area contributed by atoms with Crippen molar-refractivity contribution >= 4 is 11.7 Å². The summed E-state index contributed by atoms with van der Waals surface area (Å²) in [7, 11) is 0. The highest BCUT2D eigenvalue weighted by Gasteiger charge is 2.12. The van der Waals surface area contributed by atoms with Gasteiger partial charge in [0.05, 0.1) is 0 Å². The van der Waals surface area contributed by atoms with E-state index >= 15 is 0 Å². The summed E-state index contributed by atoms with van der Waals surface area (Å²) in [4.78, 5) is 12.7. The first-order valence-corrected chi connectivity index (χ1v) is 4.22. The van der Waals surface area contributed by atoms with E-state index in [1.165, 1.54) is 6.92 Å². The third kappa shape index (κ3) is 4.35. The largest absolute Gasteiger partial charge is 0.409 e. The molecule has 3 N–H and O–H groups in total. The van der Waals surface area contributed by atoms with Crippen molar-refractivity contribution in [2.24, 2.45) is 10.9 Å². The summed E-state index contributed by atoms with van der Waals surface area (Å²) < 4.78 is 0. The van der Waals surface area contributed by atoms with Gasteiger partial charge in [-0.3, -0.25) is 4.79 Å². The summed E-state index contributed by atoms with van der Waals surface area (Å²) in [6.45, 7) is 5.84. The fourth-order valence-corrected chi connectivity index (χ4v) is 1.06. The van der Waals surface area contributed by atoms with Crippen LogP contribution < -0.4 is 5.73 Å². The van der Waals surface area contributed by atoms with Crippen LogP contribution in [0.3, 0.4) is 0 Å². The molecule has 5 nitrogen and oxygen atoms in total. The van der Waals surface area contributed by atoms with Crippen molar-refractivity contribution in [3.8, 4) is 0 Å². The van der Waals surface area contributed by atoms with Gasteiger partial charge in [-0.2, -0.15) is 0 Å². The molecule has 0 aliphatic rings. The molecule has 1 amide bonds. The normalized spacial score (nSPS) is 11.8. The Morgan fingerprint density at radius 2 is 2.15 bits per heavy atom. The molecule has 0 aliphatic heterocycles. The minimum absolute atomic E-state index is 0.000685. The molecule has 0 heterocycles. The summed E-state index contributed by atoms with van der Waals surface area (Å²) in [5.74, 6) is 0.146. The lowest BCUT2D eigenvalue weighted by molar-refractivity contribution is -0.130. The molecule has 0 saturated carbocycles. The van der Waals surface area contributed by atoms with Gasteiger partial charge in [0.15, 0.2) is 0 Å². The molecule has 0 aliphatic carbocycles. The number of hydrogen-bond acceptors (Lipinski definition) is 3. The van der Waals surface area contributed by atoms with Crippen molar-refractivity contribution in [3.63, 3.8) is 0 Å². The molecule has 0 aromatic heterocycles. The molecule has 0 saturated heterocycles. The number of oxime groups is 1. The topological polar surface area (TPSA) is 78.9 Å². The Hall–Kier alpha value is -1.26. The average Bonchev–Trinajstić information content (AvgIpc) is 2.03. The lowest BCUT2D eigenvalue weighted by atomic mass is 10.2. The SMILES string of the molecule is CC(=O)N(CCC(N)=NO)C(C)C. The van der Waals surface area contributed by atoms with E-state index in [2.05, 4.69) is 5.16 Å². The number of amidine groups is 1. The molecule has 0 radical (unpaired) electrons. The third-order valence-corrected chi connectivity index (χ3v) is 1.77. The van der Waals surface area contributed by atoms with Gasteiger partial charge in [-0.15, -0.1) is 0 Å². The minimum Gasteiger partial charge on any atom is -0.409 e. The molecule has 76 valence electrons. The molecular weight excluding hydrogens is 170 g/mol. The van der Waals surface area contributed by atoms with Crippen molar-refractivity contribution in [3.05, 3.63) is 0 Å². The van der Waals surface area contributed by atoms with E-state index in [4.69, 9.17) is 10.9 Å². The first-order valence-electron chi connectivity index (χ1n) is 4.22. The standard InChI is InChI=1S/C8H17N3O2/c1-6(2)11(7(3)12)5-4-8(9)10-13/h6,13H,4-5H2,1-3H3,(H2,9,10). The monoisotopic (exact) mass is 187 g/mol. The number of nitrogens with zero attached hydrogens (tertiary/aromatic N) is 2. The van der Waals surface area contributed by atoms with Gasteiger partial charge in [-0.1, -0.05) is 5.16 Å². The van der Waals surface area contributed by atoms with Gasteiger partial charge < -0.3 is 15.8 Å². The van der Waals surface area contributed by atoms with Gasteiger partial charge in [-0.05, 0) is 13.8 Å². The van der Waals surface area contributed by atoms with Crippen molar-refractivity contribution in [1.29, 1.82) is 0 Å². The summed E-state index contributed by atoms with van der Waals surface area (Å²) in [6.07, 6.45) is 0.397. The average molecular weight is 187 g/mol. The van der Waals surface area contributed by atoms with E-state index in [0.29, 0.717) is 13.0 Å². The zero-order valence-corrected chi connectivity index (χ0v) is 8.32. The van der Waals surface area contributed by atoms with Crippen molar-refractivity contribution < 1.29 is 10.0 Å². The Labute approximate surface area is 78.2 Å². The van der Waals surface area contributed by atoms with Crippen LogP contribution in [0.15, 0.2) is 5.16 Å². The second-order valence-electron chi connectivity index (χ2n) is 3.15. The van der Waals surface area contributed by atoms with E-state index in [-0.39, 0.29) is 17.8 Å². The molecule has 5 heteroatoms. The second kappa shape index (κ2) is 5.40. The molecule has 13 heavy (non-hydrogen) atoms. The summed E-state index contributed by atoms with van der Waals surface area (Å²) in [6, 6.07) is 0.143. The van der Waals surface area contributed by atoms with Gasteiger partial charge in [-0.25, -0.2) is 0 Å². The van der Waals surface area contributed by atoms with Crippen LogP contribution in [-0.4, -0.2) is 34.4 Å². The quantitative estimate of drug-likeness (QED) is 0.289. The second-order valence-corrected chi connectivity index (χ2v) is 3.15. The number of nitrogens with two attached hydrogens (primary N) is 1. The Morgan fingerprint density at radius 3 is 2.46 bits per heavy atom. The highest BCUT2D eigenvalue weighted by Crippen LogP contribution is 1.99. The molecule has 0 bridgehead atoms. The van der Waals surface area contributed by atoms with E-state index in [1.807, 2.05) is 13.8 Å². The maximum atomic E-state index is 11.1. The highest BCUT2D eigenvalue weighted by molar-refractivity contribution is 5.80. The molecular formula is C8H17N3O2. The van der Waals surface area contributed by atoms with Crippen LogP contribution in [0, 0.1) is 0 Å². The molecule has 0 atom stereocenters. The van der Waals surface area contributed by atoms with Gasteiger partial charge in [0, 0.05) is 25.9 Å². The maximum Gasteiger partial charge on any atom is 0.219 e. The van der Waals surface area contributed by atoms with E-state index < -0.39 is 0 Å². The van der Waals surface area contributed by atoms with Crippen LogP contribution in [0.4, 0.5) is 0 Å². The van der Waals surface area contributed by atoms with Gasteiger partial charge in [0.25, 0.3) is 0 Å². The van der Waals surface area contributed by atoms with Crippen LogP contribution in [0.25, 0.3) is 0 Å². The van der Waals surface area contributed by atoms with E-state index in [0.717, 1.165) is 0 Å². The molecule has 0 fully saturated rings. The molecule has 0 aromatic carbocycles. The Bertz CT molecular complexity index is 202. The minimum atomic E-state index is 0.000685. The van der Waals surface area contributed by atoms with Crippen LogP contribution >= 0.6 is 0 Å². The van der Waals surface area contributed by atoms with Crippen molar-refractivity contribution in [1.82, 2.24) is 4.90 Å². The van der Waals surface area contributed by atoms with Crippen LogP contribution in [0.1, 0.15) is 27.2 Å². The van der Waals surface area contributed by atoms with E-state index in [9.17, 15) is 4.79 Å². The van der Waals surface area contributed by atoms with Crippen LogP contribution in [-0.2, 0) is 4.79 Å². The van der Waals surface area contributed by atoms with Gasteiger partial charge in [0.2, 0.25) is 5.91 Å². The number of carbonyl (C=O) groups is 1. The van der Waals surface area contributed by atoms with Crippen LogP contribution in [0.5, 0.6) is 0 Å². The van der Waals surface area contributed by atoms with Gasteiger partial charge >= 0.3 is 0 Å². The lowest BCUT2D eigenvalue weighted by Crippen LogP contribution is -2.37. The molecule has 0 aromatic rings.